The van der Waals surface area contributed by atoms with Crippen molar-refractivity contribution in [3.8, 4) is 5.75 Å². The van der Waals surface area contributed by atoms with Crippen molar-refractivity contribution in [2.75, 3.05) is 18.5 Å². The molecule has 3 nitrogen and oxygen atoms in total. The van der Waals surface area contributed by atoms with Gasteiger partial charge in [0.1, 0.15) is 5.75 Å². The maximum Gasteiger partial charge on any atom is 0.170 e. The first-order valence-electron chi connectivity index (χ1n) is 7.70. The van der Waals surface area contributed by atoms with Crippen LogP contribution in [0.2, 0.25) is 5.02 Å². The third-order valence-corrected chi connectivity index (χ3v) is 3.77. The molecule has 0 atom stereocenters. The van der Waals surface area contributed by atoms with E-state index in [4.69, 9.17) is 28.6 Å². The number of nitrogens with one attached hydrogen (secondary N) is 2. The molecule has 0 amide bonds. The normalized spacial score (nSPS) is 10.2. The number of hydrogen-bond acceptors (Lipinski definition) is 2. The Morgan fingerprint density at radius 2 is 1.87 bits per heavy atom. The van der Waals surface area contributed by atoms with E-state index in [9.17, 15) is 0 Å². The van der Waals surface area contributed by atoms with Gasteiger partial charge in [-0.05, 0) is 61.8 Å². The van der Waals surface area contributed by atoms with Crippen LogP contribution in [0.25, 0.3) is 0 Å². The lowest BCUT2D eigenvalue weighted by Gasteiger charge is -2.14. The zero-order valence-electron chi connectivity index (χ0n) is 13.1. The van der Waals surface area contributed by atoms with Crippen molar-refractivity contribution in [3.05, 3.63) is 59.1 Å². The van der Waals surface area contributed by atoms with E-state index in [1.807, 2.05) is 43.3 Å². The summed E-state index contributed by atoms with van der Waals surface area (Å²) in [6.07, 6.45) is 1.98. The van der Waals surface area contributed by atoms with Crippen molar-refractivity contribution in [2.24, 2.45) is 0 Å². The van der Waals surface area contributed by atoms with E-state index < -0.39 is 0 Å². The number of rotatable bonds is 7. The number of thiocarbonyl (C=S) groups is 1. The minimum absolute atomic E-state index is 0.605. The van der Waals surface area contributed by atoms with E-state index in [-0.39, 0.29) is 0 Å². The maximum absolute atomic E-state index is 5.88. The predicted octanol–water partition coefficient (Wildman–Crippen LogP) is 4.66. The van der Waals surface area contributed by atoms with Crippen LogP contribution in [0.15, 0.2) is 48.5 Å². The lowest BCUT2D eigenvalue weighted by Crippen LogP contribution is -2.29. The first-order valence-corrected chi connectivity index (χ1v) is 8.49. The molecule has 2 aromatic rings. The molecular weight excluding hydrogens is 328 g/mol. The van der Waals surface area contributed by atoms with Crippen LogP contribution in [0.3, 0.4) is 0 Å². The average Bonchev–Trinajstić information content (AvgIpc) is 2.55. The van der Waals surface area contributed by atoms with Gasteiger partial charge >= 0.3 is 0 Å². The van der Waals surface area contributed by atoms with Gasteiger partial charge in [-0.3, -0.25) is 0 Å². The fraction of sp³-hybridized carbons (Fsp3) is 0.278. The molecule has 0 aromatic heterocycles. The Morgan fingerprint density at radius 3 is 2.61 bits per heavy atom. The van der Waals surface area contributed by atoms with E-state index in [1.54, 1.807) is 0 Å². The second-order valence-corrected chi connectivity index (χ2v) is 5.88. The number of ether oxygens (including phenoxy) is 1. The molecule has 2 aromatic carbocycles. The van der Waals surface area contributed by atoms with Crippen LogP contribution >= 0.6 is 23.8 Å². The first-order chi connectivity index (χ1) is 11.2. The summed E-state index contributed by atoms with van der Waals surface area (Å²) < 4.78 is 5.57. The van der Waals surface area contributed by atoms with E-state index in [2.05, 4.69) is 22.8 Å². The van der Waals surface area contributed by atoms with Crippen LogP contribution < -0.4 is 15.4 Å². The van der Waals surface area contributed by atoms with Crippen molar-refractivity contribution < 1.29 is 4.74 Å². The fourth-order valence-corrected chi connectivity index (χ4v) is 2.50. The second kappa shape index (κ2) is 9.38. The molecule has 0 spiro atoms. The molecule has 0 heterocycles. The summed E-state index contributed by atoms with van der Waals surface area (Å²) in [6, 6.07) is 15.7. The van der Waals surface area contributed by atoms with Gasteiger partial charge in [-0.25, -0.2) is 0 Å². The van der Waals surface area contributed by atoms with E-state index in [0.717, 1.165) is 35.8 Å². The largest absolute Gasteiger partial charge is 0.492 e. The van der Waals surface area contributed by atoms with Crippen LogP contribution in [0.1, 0.15) is 18.9 Å². The highest BCUT2D eigenvalue weighted by Gasteiger charge is 2.04. The third kappa shape index (κ3) is 6.08. The Kier molecular flexibility index (Phi) is 7.17. The van der Waals surface area contributed by atoms with Crippen molar-refractivity contribution in [2.45, 2.75) is 19.8 Å². The summed E-state index contributed by atoms with van der Waals surface area (Å²) in [6.45, 7) is 3.40. The summed E-state index contributed by atoms with van der Waals surface area (Å²) in [7, 11) is 0. The van der Waals surface area contributed by atoms with Gasteiger partial charge in [0, 0.05) is 11.6 Å². The third-order valence-electron chi connectivity index (χ3n) is 3.28. The standard InChI is InChI=1S/C18H21ClN2OS/c1-2-22-17-8-4-3-7-16(17)21-18(23)20-13-5-6-14-9-11-15(19)12-10-14/h3-4,7-12H,2,5-6,13H2,1H3,(H2,20,21,23). The molecule has 0 saturated carbocycles. The van der Waals surface area contributed by atoms with Gasteiger partial charge in [-0.15, -0.1) is 0 Å². The molecule has 2 rings (SSSR count). The minimum Gasteiger partial charge on any atom is -0.492 e. The lowest BCUT2D eigenvalue weighted by atomic mass is 10.1. The van der Waals surface area contributed by atoms with Crippen molar-refractivity contribution >= 4 is 34.6 Å². The molecule has 2 N–H and O–H groups in total. The van der Waals surface area contributed by atoms with Crippen LogP contribution in [-0.2, 0) is 6.42 Å². The van der Waals surface area contributed by atoms with Gasteiger partial charge in [0.15, 0.2) is 5.11 Å². The van der Waals surface area contributed by atoms with Crippen LogP contribution in [0, 0.1) is 0 Å². The summed E-state index contributed by atoms with van der Waals surface area (Å²) in [5, 5.41) is 7.77. The molecule has 0 aliphatic carbocycles. The maximum atomic E-state index is 5.88. The molecule has 0 bridgehead atoms. The minimum atomic E-state index is 0.605. The summed E-state index contributed by atoms with van der Waals surface area (Å²) in [4.78, 5) is 0. The molecule has 5 heteroatoms. The first kappa shape index (κ1) is 17.6. The molecule has 0 aliphatic rings. The molecule has 0 unspecified atom stereocenters. The topological polar surface area (TPSA) is 33.3 Å². The van der Waals surface area contributed by atoms with E-state index in [1.165, 1.54) is 5.56 Å². The Bertz CT molecular complexity index is 631. The fourth-order valence-electron chi connectivity index (χ4n) is 2.16. The summed E-state index contributed by atoms with van der Waals surface area (Å²) in [5.41, 5.74) is 2.15. The monoisotopic (exact) mass is 348 g/mol. The molecule has 0 fully saturated rings. The van der Waals surface area contributed by atoms with Crippen molar-refractivity contribution in [1.82, 2.24) is 5.32 Å². The highest BCUT2D eigenvalue weighted by atomic mass is 35.5. The molecule has 0 saturated heterocycles. The number of halogens is 1. The Balaban J connectivity index is 1.74. The van der Waals surface area contributed by atoms with Gasteiger partial charge in [0.25, 0.3) is 0 Å². The summed E-state index contributed by atoms with van der Waals surface area (Å²) in [5.74, 6) is 0.806. The van der Waals surface area contributed by atoms with Gasteiger partial charge in [-0.2, -0.15) is 0 Å². The Morgan fingerprint density at radius 1 is 1.13 bits per heavy atom. The Hall–Kier alpha value is -1.78. The molecule has 122 valence electrons. The van der Waals surface area contributed by atoms with Gasteiger partial charge < -0.3 is 15.4 Å². The van der Waals surface area contributed by atoms with Crippen LogP contribution in [0.5, 0.6) is 5.75 Å². The van der Waals surface area contributed by atoms with E-state index in [0.29, 0.717) is 11.7 Å². The average molecular weight is 349 g/mol. The van der Waals surface area contributed by atoms with Gasteiger partial charge in [-0.1, -0.05) is 35.9 Å². The van der Waals surface area contributed by atoms with Crippen LogP contribution in [-0.4, -0.2) is 18.3 Å². The number of benzene rings is 2. The summed E-state index contributed by atoms with van der Waals surface area (Å²) >= 11 is 11.2. The molecule has 23 heavy (non-hydrogen) atoms. The highest BCUT2D eigenvalue weighted by Crippen LogP contribution is 2.23. The zero-order valence-corrected chi connectivity index (χ0v) is 14.7. The number of hydrogen-bond donors (Lipinski definition) is 2. The number of para-hydroxylation sites is 2. The van der Waals surface area contributed by atoms with Gasteiger partial charge in [0.2, 0.25) is 0 Å². The zero-order chi connectivity index (χ0) is 16.5. The number of aryl methyl sites for hydroxylation is 1. The molecular formula is C18H21ClN2OS. The van der Waals surface area contributed by atoms with E-state index >= 15 is 0 Å². The lowest BCUT2D eigenvalue weighted by molar-refractivity contribution is 0.342. The number of anilines is 1. The molecule has 0 aliphatic heterocycles. The SMILES string of the molecule is CCOc1ccccc1NC(=S)NCCCc1ccc(Cl)cc1. The van der Waals surface area contributed by atoms with Crippen molar-refractivity contribution in [1.29, 1.82) is 0 Å². The molecule has 0 radical (unpaired) electrons. The Labute approximate surface area is 148 Å². The quantitative estimate of drug-likeness (QED) is 0.563. The van der Waals surface area contributed by atoms with Crippen LogP contribution in [0.4, 0.5) is 5.69 Å². The second-order valence-electron chi connectivity index (χ2n) is 5.04. The van der Waals surface area contributed by atoms with Gasteiger partial charge in [0.05, 0.1) is 12.3 Å². The highest BCUT2D eigenvalue weighted by molar-refractivity contribution is 7.80. The smallest absolute Gasteiger partial charge is 0.170 e. The van der Waals surface area contributed by atoms with Crippen molar-refractivity contribution in [3.63, 3.8) is 0 Å². The predicted molar refractivity (Wildman–Crippen MR) is 102 cm³/mol.